The molecule has 5 nitrogen and oxygen atoms in total. The van der Waals surface area contributed by atoms with Gasteiger partial charge in [-0.3, -0.25) is 4.79 Å². The second-order valence-corrected chi connectivity index (χ2v) is 6.94. The smallest absolute Gasteiger partial charge is 0.257 e. The highest BCUT2D eigenvalue weighted by atomic mass is 32.1. The van der Waals surface area contributed by atoms with E-state index in [1.54, 1.807) is 17.7 Å². The van der Waals surface area contributed by atoms with Crippen LogP contribution in [0.5, 0.6) is 5.75 Å². The minimum absolute atomic E-state index is 0.0217. The highest BCUT2D eigenvalue weighted by molar-refractivity contribution is 7.13. The number of rotatable bonds is 9. The summed E-state index contributed by atoms with van der Waals surface area (Å²) in [6.45, 7) is 2.72. The Kier molecular flexibility index (Phi) is 6.44. The monoisotopic (exact) mass is 369 g/mol. The van der Waals surface area contributed by atoms with E-state index in [1.807, 2.05) is 41.8 Å². The molecule has 26 heavy (non-hydrogen) atoms. The van der Waals surface area contributed by atoms with Crippen molar-refractivity contribution in [3.8, 4) is 16.3 Å². The Bertz CT molecular complexity index is 810. The molecule has 0 fully saturated rings. The zero-order valence-electron chi connectivity index (χ0n) is 14.8. The molecule has 0 bridgehead atoms. The Labute approximate surface area is 157 Å². The number of thiophene rings is 1. The summed E-state index contributed by atoms with van der Waals surface area (Å²) in [5, 5.41) is 4.92. The number of aromatic nitrogens is 2. The fourth-order valence-corrected chi connectivity index (χ4v) is 3.45. The standard InChI is InChI=1S/C20H23N3O2S/c1-2-4-15-6-8-16(9-7-15)25-13-19(24)21-11-10-17-20(23-14-22-17)18-5-3-12-26-18/h3,5-9,12,14H,2,4,10-11,13H2,1H3,(H,21,24)(H,22,23). The molecular formula is C20H23N3O2S. The molecule has 0 saturated carbocycles. The Balaban J connectivity index is 1.41. The van der Waals surface area contributed by atoms with Gasteiger partial charge in [0.1, 0.15) is 11.4 Å². The van der Waals surface area contributed by atoms with Crippen molar-refractivity contribution >= 4 is 17.2 Å². The number of carbonyl (C=O) groups excluding carboxylic acids is 1. The molecule has 6 heteroatoms. The predicted molar refractivity (Wildman–Crippen MR) is 105 cm³/mol. The first-order valence-corrected chi connectivity index (χ1v) is 9.68. The minimum Gasteiger partial charge on any atom is -0.484 e. The lowest BCUT2D eigenvalue weighted by Crippen LogP contribution is -2.30. The molecule has 0 spiro atoms. The average Bonchev–Trinajstić information content (AvgIpc) is 3.33. The first-order chi connectivity index (χ1) is 12.8. The van der Waals surface area contributed by atoms with E-state index in [0.29, 0.717) is 18.7 Å². The van der Waals surface area contributed by atoms with Crippen molar-refractivity contribution < 1.29 is 9.53 Å². The van der Waals surface area contributed by atoms with Crippen LogP contribution in [0.3, 0.4) is 0 Å². The quantitative estimate of drug-likeness (QED) is 0.602. The minimum atomic E-state index is -0.125. The lowest BCUT2D eigenvalue weighted by molar-refractivity contribution is -0.123. The lowest BCUT2D eigenvalue weighted by Gasteiger charge is -2.08. The molecule has 1 amide bonds. The number of amides is 1. The van der Waals surface area contributed by atoms with E-state index < -0.39 is 0 Å². The second kappa shape index (κ2) is 9.20. The summed E-state index contributed by atoms with van der Waals surface area (Å²) in [7, 11) is 0. The van der Waals surface area contributed by atoms with Crippen molar-refractivity contribution in [2.45, 2.75) is 26.2 Å². The van der Waals surface area contributed by atoms with Gasteiger partial charge in [0, 0.05) is 18.7 Å². The van der Waals surface area contributed by atoms with Gasteiger partial charge in [-0.15, -0.1) is 11.3 Å². The predicted octanol–water partition coefficient (Wildman–Crippen LogP) is 3.83. The Hall–Kier alpha value is -2.60. The highest BCUT2D eigenvalue weighted by Gasteiger charge is 2.10. The van der Waals surface area contributed by atoms with Gasteiger partial charge in [0.2, 0.25) is 0 Å². The van der Waals surface area contributed by atoms with Gasteiger partial charge in [-0.05, 0) is 35.6 Å². The van der Waals surface area contributed by atoms with E-state index in [9.17, 15) is 4.79 Å². The van der Waals surface area contributed by atoms with Crippen LogP contribution in [0.15, 0.2) is 48.1 Å². The number of benzene rings is 1. The molecule has 0 atom stereocenters. The van der Waals surface area contributed by atoms with Crippen molar-refractivity contribution in [1.29, 1.82) is 0 Å². The maximum Gasteiger partial charge on any atom is 0.257 e. The average molecular weight is 369 g/mol. The van der Waals surface area contributed by atoms with Gasteiger partial charge in [0.05, 0.1) is 11.2 Å². The SMILES string of the molecule is CCCc1ccc(OCC(=O)NCCc2[nH]cnc2-c2cccs2)cc1. The number of aryl methyl sites for hydroxylation is 1. The number of nitrogens with one attached hydrogen (secondary N) is 2. The molecule has 0 aliphatic rings. The number of ether oxygens (including phenoxy) is 1. The molecule has 3 aromatic rings. The Morgan fingerprint density at radius 1 is 1.23 bits per heavy atom. The van der Waals surface area contributed by atoms with Gasteiger partial charge in [-0.2, -0.15) is 0 Å². The van der Waals surface area contributed by atoms with Crippen molar-refractivity contribution in [1.82, 2.24) is 15.3 Å². The first-order valence-electron chi connectivity index (χ1n) is 8.81. The Morgan fingerprint density at radius 3 is 2.81 bits per heavy atom. The molecule has 2 N–H and O–H groups in total. The summed E-state index contributed by atoms with van der Waals surface area (Å²) in [4.78, 5) is 20.6. The van der Waals surface area contributed by atoms with E-state index >= 15 is 0 Å². The van der Waals surface area contributed by atoms with Gasteiger partial charge < -0.3 is 15.0 Å². The zero-order valence-corrected chi connectivity index (χ0v) is 15.6. The van der Waals surface area contributed by atoms with Crippen LogP contribution in [0.25, 0.3) is 10.6 Å². The van der Waals surface area contributed by atoms with Crippen LogP contribution >= 0.6 is 11.3 Å². The molecule has 0 unspecified atom stereocenters. The van der Waals surface area contributed by atoms with Crippen molar-refractivity contribution in [3.63, 3.8) is 0 Å². The van der Waals surface area contributed by atoms with Gasteiger partial charge >= 0.3 is 0 Å². The number of aromatic amines is 1. The summed E-state index contributed by atoms with van der Waals surface area (Å²) in [6.07, 6.45) is 4.57. The maximum absolute atomic E-state index is 12.0. The molecule has 0 aliphatic carbocycles. The molecule has 0 saturated heterocycles. The van der Waals surface area contributed by atoms with Gasteiger partial charge in [-0.1, -0.05) is 31.5 Å². The first kappa shape index (κ1) is 18.2. The molecule has 0 radical (unpaired) electrons. The van der Waals surface area contributed by atoms with E-state index in [1.165, 1.54) is 5.56 Å². The summed E-state index contributed by atoms with van der Waals surface area (Å²) in [6, 6.07) is 12.0. The molecule has 3 rings (SSSR count). The fraction of sp³-hybridized carbons (Fsp3) is 0.300. The van der Waals surface area contributed by atoms with E-state index in [0.717, 1.165) is 29.1 Å². The van der Waals surface area contributed by atoms with E-state index in [-0.39, 0.29) is 12.5 Å². The summed E-state index contributed by atoms with van der Waals surface area (Å²) >= 11 is 1.65. The summed E-state index contributed by atoms with van der Waals surface area (Å²) in [5.41, 5.74) is 3.27. The molecular weight excluding hydrogens is 346 g/mol. The van der Waals surface area contributed by atoms with Gasteiger partial charge in [-0.25, -0.2) is 4.98 Å². The third-order valence-corrected chi connectivity index (χ3v) is 4.88. The summed E-state index contributed by atoms with van der Waals surface area (Å²) in [5.74, 6) is 0.591. The number of nitrogens with zero attached hydrogens (tertiary/aromatic N) is 1. The number of hydrogen-bond acceptors (Lipinski definition) is 4. The highest BCUT2D eigenvalue weighted by Crippen LogP contribution is 2.25. The van der Waals surface area contributed by atoms with Crippen LogP contribution in [0.4, 0.5) is 0 Å². The summed E-state index contributed by atoms with van der Waals surface area (Å²) < 4.78 is 5.54. The van der Waals surface area contributed by atoms with Crippen molar-refractivity contribution in [3.05, 3.63) is 59.4 Å². The van der Waals surface area contributed by atoms with Crippen LogP contribution < -0.4 is 10.1 Å². The fourth-order valence-electron chi connectivity index (χ4n) is 2.71. The van der Waals surface area contributed by atoms with E-state index in [2.05, 4.69) is 22.2 Å². The number of carbonyl (C=O) groups is 1. The molecule has 1 aromatic carbocycles. The topological polar surface area (TPSA) is 67.0 Å². The largest absolute Gasteiger partial charge is 0.484 e. The van der Waals surface area contributed by atoms with Crippen LogP contribution in [-0.4, -0.2) is 29.0 Å². The van der Waals surface area contributed by atoms with Crippen LogP contribution in [-0.2, 0) is 17.6 Å². The third-order valence-electron chi connectivity index (χ3n) is 4.00. The maximum atomic E-state index is 12.0. The van der Waals surface area contributed by atoms with Crippen LogP contribution in [0.1, 0.15) is 24.6 Å². The normalized spacial score (nSPS) is 10.7. The number of H-pyrrole nitrogens is 1. The number of hydrogen-bond donors (Lipinski definition) is 2. The molecule has 2 aromatic heterocycles. The lowest BCUT2D eigenvalue weighted by atomic mass is 10.1. The number of imidazole rings is 1. The van der Waals surface area contributed by atoms with E-state index in [4.69, 9.17) is 4.74 Å². The Morgan fingerprint density at radius 2 is 2.08 bits per heavy atom. The van der Waals surface area contributed by atoms with Crippen molar-refractivity contribution in [2.75, 3.05) is 13.2 Å². The van der Waals surface area contributed by atoms with Crippen molar-refractivity contribution in [2.24, 2.45) is 0 Å². The molecule has 136 valence electrons. The second-order valence-electron chi connectivity index (χ2n) is 5.99. The zero-order chi connectivity index (χ0) is 18.2. The third kappa shape index (κ3) is 4.95. The van der Waals surface area contributed by atoms with Gasteiger partial charge in [0.15, 0.2) is 6.61 Å². The molecule has 2 heterocycles. The van der Waals surface area contributed by atoms with Crippen LogP contribution in [0, 0.1) is 0 Å². The van der Waals surface area contributed by atoms with Gasteiger partial charge in [0.25, 0.3) is 5.91 Å². The van der Waals surface area contributed by atoms with Crippen LogP contribution in [0.2, 0.25) is 0 Å². The molecule has 0 aliphatic heterocycles.